The first-order valence-electron chi connectivity index (χ1n) is 5.28. The normalized spacial score (nSPS) is 11.1. The number of aryl methyl sites for hydroxylation is 1. The van der Waals surface area contributed by atoms with E-state index in [-0.39, 0.29) is 5.43 Å². The van der Waals surface area contributed by atoms with Crippen molar-refractivity contribution in [3.8, 4) is 0 Å². The zero-order chi connectivity index (χ0) is 12.6. The number of fused-ring (bicyclic) bond motifs is 1. The van der Waals surface area contributed by atoms with Crippen molar-refractivity contribution in [2.75, 3.05) is 5.75 Å². The van der Waals surface area contributed by atoms with Crippen LogP contribution in [0.25, 0.3) is 11.0 Å². The molecular weight excluding hydrogens is 302 g/mol. The Morgan fingerprint density at radius 3 is 2.82 bits per heavy atom. The molecule has 0 bridgehead atoms. The number of halogens is 1. The Labute approximate surface area is 112 Å². The van der Waals surface area contributed by atoms with Gasteiger partial charge >= 0.3 is 0 Å². The molecule has 0 aliphatic carbocycles. The highest BCUT2D eigenvalue weighted by Gasteiger charge is 2.14. The highest BCUT2D eigenvalue weighted by molar-refractivity contribution is 9.10. The predicted molar refractivity (Wildman–Crippen MR) is 73.9 cm³/mol. The fraction of sp³-hybridized carbons (Fsp3) is 0.333. The first kappa shape index (κ1) is 12.6. The number of hydrogen-bond donors (Lipinski definition) is 0. The van der Waals surface area contributed by atoms with Crippen LogP contribution < -0.4 is 5.43 Å². The molecule has 17 heavy (non-hydrogen) atoms. The van der Waals surface area contributed by atoms with Crippen molar-refractivity contribution >= 4 is 38.7 Å². The fourth-order valence-electron chi connectivity index (χ4n) is 1.62. The van der Waals surface area contributed by atoms with Gasteiger partial charge in [-0.3, -0.25) is 4.79 Å². The molecule has 5 heteroatoms. The average Bonchev–Trinajstić information content (AvgIpc) is 2.27. The maximum atomic E-state index is 12.2. The van der Waals surface area contributed by atoms with Gasteiger partial charge in [-0.2, -0.15) is 0 Å². The van der Waals surface area contributed by atoms with Crippen LogP contribution >= 0.6 is 27.7 Å². The molecule has 2 heterocycles. The summed E-state index contributed by atoms with van der Waals surface area (Å²) in [5.41, 5.74) is 2.02. The van der Waals surface area contributed by atoms with Crippen LogP contribution in [0.4, 0.5) is 0 Å². The van der Waals surface area contributed by atoms with Gasteiger partial charge < -0.3 is 4.42 Å². The van der Waals surface area contributed by atoms with Crippen LogP contribution in [0.3, 0.4) is 0 Å². The minimum atomic E-state index is 0.0217. The van der Waals surface area contributed by atoms with Crippen LogP contribution in [0.5, 0.6) is 0 Å². The van der Waals surface area contributed by atoms with Gasteiger partial charge in [0.05, 0.1) is 5.39 Å². The summed E-state index contributed by atoms with van der Waals surface area (Å²) in [6, 6.07) is 1.76. The number of nitrogens with zero attached hydrogens (tertiary/aromatic N) is 1. The third-order valence-electron chi connectivity index (χ3n) is 2.42. The van der Waals surface area contributed by atoms with Crippen LogP contribution in [0.2, 0.25) is 0 Å². The molecule has 0 fully saturated rings. The summed E-state index contributed by atoms with van der Waals surface area (Å²) in [5, 5.41) is 1.26. The quantitative estimate of drug-likeness (QED) is 0.626. The zero-order valence-corrected chi connectivity index (χ0v) is 12.2. The number of aromatic nitrogens is 1. The van der Waals surface area contributed by atoms with Crippen LogP contribution in [-0.4, -0.2) is 10.7 Å². The van der Waals surface area contributed by atoms with Crippen molar-refractivity contribution in [1.82, 2.24) is 4.98 Å². The third kappa shape index (κ3) is 2.26. The summed E-state index contributed by atoms with van der Waals surface area (Å²) in [4.78, 5) is 16.5. The summed E-state index contributed by atoms with van der Waals surface area (Å²) < 4.78 is 6.34. The number of thioether (sulfide) groups is 1. The molecule has 2 rings (SSSR count). The average molecular weight is 314 g/mol. The molecule has 2 aromatic rings. The molecule has 0 unspecified atom stereocenters. The SMILES string of the molecule is CCSc1oc2c(Br)nc(C)cc2c(=O)c1C. The van der Waals surface area contributed by atoms with Crippen molar-refractivity contribution < 1.29 is 4.42 Å². The first-order chi connectivity index (χ1) is 8.04. The van der Waals surface area contributed by atoms with E-state index in [0.717, 1.165) is 11.4 Å². The van der Waals surface area contributed by atoms with E-state index in [1.54, 1.807) is 13.0 Å². The molecule has 0 aliphatic heterocycles. The first-order valence-corrected chi connectivity index (χ1v) is 7.05. The van der Waals surface area contributed by atoms with E-state index in [2.05, 4.69) is 20.9 Å². The van der Waals surface area contributed by atoms with E-state index in [0.29, 0.717) is 26.2 Å². The predicted octanol–water partition coefficient (Wildman–Crippen LogP) is 3.68. The molecule has 2 aromatic heterocycles. The second kappa shape index (κ2) is 4.82. The third-order valence-corrected chi connectivity index (χ3v) is 3.90. The van der Waals surface area contributed by atoms with Crippen molar-refractivity contribution in [3.05, 3.63) is 32.2 Å². The van der Waals surface area contributed by atoms with Crippen LogP contribution in [0.1, 0.15) is 18.2 Å². The topological polar surface area (TPSA) is 43.1 Å². The van der Waals surface area contributed by atoms with Gasteiger partial charge in [0.25, 0.3) is 0 Å². The van der Waals surface area contributed by atoms with Gasteiger partial charge in [0.15, 0.2) is 16.1 Å². The largest absolute Gasteiger partial charge is 0.446 e. The van der Waals surface area contributed by atoms with Gasteiger partial charge in [0.1, 0.15) is 4.60 Å². The summed E-state index contributed by atoms with van der Waals surface area (Å²) in [5.74, 6) is 0.867. The second-order valence-electron chi connectivity index (χ2n) is 3.71. The zero-order valence-electron chi connectivity index (χ0n) is 9.83. The maximum Gasteiger partial charge on any atom is 0.196 e. The van der Waals surface area contributed by atoms with Crippen LogP contribution in [0.15, 0.2) is 25.0 Å². The fourth-order valence-corrected chi connectivity index (χ4v) is 2.91. The van der Waals surface area contributed by atoms with Crippen LogP contribution in [0, 0.1) is 13.8 Å². The van der Waals surface area contributed by atoms with Crippen molar-refractivity contribution in [3.63, 3.8) is 0 Å². The smallest absolute Gasteiger partial charge is 0.196 e. The van der Waals surface area contributed by atoms with Gasteiger partial charge in [-0.25, -0.2) is 4.98 Å². The lowest BCUT2D eigenvalue weighted by atomic mass is 10.2. The Bertz CT molecular complexity index is 636. The minimum Gasteiger partial charge on any atom is -0.446 e. The molecule has 0 aliphatic rings. The van der Waals surface area contributed by atoms with E-state index >= 15 is 0 Å². The molecule has 3 nitrogen and oxygen atoms in total. The number of rotatable bonds is 2. The lowest BCUT2D eigenvalue weighted by molar-refractivity contribution is 0.489. The molecule has 0 N–H and O–H groups in total. The van der Waals surface area contributed by atoms with E-state index in [9.17, 15) is 4.79 Å². The van der Waals surface area contributed by atoms with Crippen molar-refractivity contribution in [2.45, 2.75) is 25.9 Å². The van der Waals surface area contributed by atoms with Crippen molar-refractivity contribution in [2.24, 2.45) is 0 Å². The second-order valence-corrected chi connectivity index (χ2v) is 5.70. The van der Waals surface area contributed by atoms with E-state index in [4.69, 9.17) is 4.42 Å². The molecule has 0 radical (unpaired) electrons. The molecule has 0 saturated heterocycles. The highest BCUT2D eigenvalue weighted by atomic mass is 79.9. The maximum absolute atomic E-state index is 12.2. The van der Waals surface area contributed by atoms with Gasteiger partial charge in [0, 0.05) is 11.3 Å². The Morgan fingerprint density at radius 2 is 2.18 bits per heavy atom. The minimum absolute atomic E-state index is 0.0217. The summed E-state index contributed by atoms with van der Waals surface area (Å²) in [7, 11) is 0. The Balaban J connectivity index is 2.86. The van der Waals surface area contributed by atoms with Gasteiger partial charge in [-0.15, -0.1) is 0 Å². The molecule has 0 amide bonds. The van der Waals surface area contributed by atoms with Gasteiger partial charge in [-0.1, -0.05) is 18.7 Å². The number of hydrogen-bond acceptors (Lipinski definition) is 4. The van der Waals surface area contributed by atoms with Crippen molar-refractivity contribution in [1.29, 1.82) is 0 Å². The summed E-state index contributed by atoms with van der Waals surface area (Å²) in [6.07, 6.45) is 0. The lowest BCUT2D eigenvalue weighted by Crippen LogP contribution is -2.08. The standard InChI is InChI=1S/C12H12BrNO2S/c1-4-17-12-7(3)9(15)8-5-6(2)14-11(13)10(8)16-12/h5H,4H2,1-3H3. The van der Waals surface area contributed by atoms with Gasteiger partial charge in [-0.05, 0) is 41.6 Å². The Kier molecular flexibility index (Phi) is 3.58. The lowest BCUT2D eigenvalue weighted by Gasteiger charge is -2.06. The molecule has 0 spiro atoms. The van der Waals surface area contributed by atoms with Gasteiger partial charge in [0.2, 0.25) is 0 Å². The van der Waals surface area contributed by atoms with E-state index in [1.807, 2.05) is 13.8 Å². The molecule has 0 saturated carbocycles. The highest BCUT2D eigenvalue weighted by Crippen LogP contribution is 2.28. The Morgan fingerprint density at radius 1 is 1.47 bits per heavy atom. The number of pyridine rings is 1. The molecule has 90 valence electrons. The summed E-state index contributed by atoms with van der Waals surface area (Å²) >= 11 is 4.87. The Hall–Kier alpha value is -0.810. The summed E-state index contributed by atoms with van der Waals surface area (Å²) in [6.45, 7) is 5.68. The molecular formula is C12H12BrNO2S. The molecule has 0 atom stereocenters. The van der Waals surface area contributed by atoms with Crippen LogP contribution in [-0.2, 0) is 0 Å². The molecule has 0 aromatic carbocycles. The van der Waals surface area contributed by atoms with E-state index in [1.165, 1.54) is 11.8 Å². The monoisotopic (exact) mass is 313 g/mol. The van der Waals surface area contributed by atoms with E-state index < -0.39 is 0 Å².